The summed E-state index contributed by atoms with van der Waals surface area (Å²) in [6, 6.07) is 10.5. The lowest BCUT2D eigenvalue weighted by molar-refractivity contribution is 0.719. The number of benzene rings is 1. The largest absolute Gasteiger partial charge is 0.0622 e. The first-order valence-corrected chi connectivity index (χ1v) is 3.66. The zero-order valence-corrected chi connectivity index (χ0v) is 6.38. The minimum atomic E-state index is 0.516. The monoisotopic (exact) mass is 133 g/mol. The highest BCUT2D eigenvalue weighted by Gasteiger charge is 1.94. The lowest BCUT2D eigenvalue weighted by Gasteiger charge is -2.02. The van der Waals surface area contributed by atoms with E-state index in [9.17, 15) is 0 Å². The van der Waals surface area contributed by atoms with E-state index in [0.717, 1.165) is 6.42 Å². The van der Waals surface area contributed by atoms with Gasteiger partial charge in [0.05, 0.1) is 0 Å². The van der Waals surface area contributed by atoms with Gasteiger partial charge in [0.15, 0.2) is 0 Å². The van der Waals surface area contributed by atoms with Gasteiger partial charge >= 0.3 is 0 Å². The average molecular weight is 133 g/mol. The fourth-order valence-corrected chi connectivity index (χ4v) is 1.02. The van der Waals surface area contributed by atoms with E-state index in [4.69, 9.17) is 0 Å². The molecule has 1 aromatic carbocycles. The molecule has 0 nitrogen and oxygen atoms in total. The minimum Gasteiger partial charge on any atom is -0.0622 e. The molecule has 0 heteroatoms. The van der Waals surface area contributed by atoms with Gasteiger partial charge in [-0.15, -0.1) is 0 Å². The van der Waals surface area contributed by atoms with Crippen molar-refractivity contribution in [2.24, 2.45) is 5.92 Å². The Morgan fingerprint density at radius 2 is 1.90 bits per heavy atom. The Hall–Kier alpha value is -0.780. The molecule has 0 aliphatic heterocycles. The van der Waals surface area contributed by atoms with E-state index < -0.39 is 0 Å². The molecule has 0 heterocycles. The Morgan fingerprint density at radius 1 is 1.30 bits per heavy atom. The molecule has 1 atom stereocenters. The van der Waals surface area contributed by atoms with Crippen molar-refractivity contribution in [3.8, 4) is 0 Å². The van der Waals surface area contributed by atoms with Gasteiger partial charge in [0.2, 0.25) is 0 Å². The summed E-state index contributed by atoms with van der Waals surface area (Å²) in [7, 11) is 0. The predicted molar refractivity (Wildman–Crippen MR) is 44.7 cm³/mol. The molecular formula is C10H13. The average Bonchev–Trinajstić information content (AvgIpc) is 1.88. The molecule has 1 rings (SSSR count). The molecule has 1 aromatic rings. The van der Waals surface area contributed by atoms with Crippen molar-refractivity contribution in [3.63, 3.8) is 0 Å². The van der Waals surface area contributed by atoms with Gasteiger partial charge in [-0.25, -0.2) is 0 Å². The SMILES string of the molecule is [CH2][C@@H](C)Cc1ccccc1. The number of rotatable bonds is 2. The highest BCUT2D eigenvalue weighted by Crippen LogP contribution is 2.05. The Morgan fingerprint density at radius 3 is 2.40 bits per heavy atom. The van der Waals surface area contributed by atoms with Gasteiger partial charge in [-0.3, -0.25) is 0 Å². The fourth-order valence-electron chi connectivity index (χ4n) is 1.02. The molecule has 53 valence electrons. The van der Waals surface area contributed by atoms with Crippen LogP contribution in [0.5, 0.6) is 0 Å². The Balaban J connectivity index is 2.59. The van der Waals surface area contributed by atoms with E-state index in [0.29, 0.717) is 5.92 Å². The van der Waals surface area contributed by atoms with Crippen molar-refractivity contribution in [2.45, 2.75) is 13.3 Å². The molecule has 0 saturated carbocycles. The van der Waals surface area contributed by atoms with E-state index in [1.165, 1.54) is 5.56 Å². The third-order valence-electron chi connectivity index (χ3n) is 1.43. The molecule has 0 aliphatic rings. The van der Waals surface area contributed by atoms with Crippen LogP contribution < -0.4 is 0 Å². The standard InChI is InChI=1S/C10H13/c1-9(2)8-10-6-4-3-5-7-10/h3-7,9H,1,8H2,2H3/t9-/m0/s1. The van der Waals surface area contributed by atoms with Crippen molar-refractivity contribution in [1.29, 1.82) is 0 Å². The zero-order valence-electron chi connectivity index (χ0n) is 6.38. The van der Waals surface area contributed by atoms with Crippen LogP contribution in [0, 0.1) is 12.8 Å². The summed E-state index contributed by atoms with van der Waals surface area (Å²) in [5.41, 5.74) is 1.38. The van der Waals surface area contributed by atoms with Gasteiger partial charge in [0.1, 0.15) is 0 Å². The predicted octanol–water partition coefficient (Wildman–Crippen LogP) is 2.70. The molecule has 0 amide bonds. The van der Waals surface area contributed by atoms with Gasteiger partial charge < -0.3 is 0 Å². The molecule has 0 bridgehead atoms. The highest BCUT2D eigenvalue weighted by atomic mass is 14.0. The Kier molecular flexibility index (Phi) is 2.49. The second-order valence-electron chi connectivity index (χ2n) is 2.79. The molecule has 0 aromatic heterocycles. The van der Waals surface area contributed by atoms with Crippen LogP contribution in [0.25, 0.3) is 0 Å². The topological polar surface area (TPSA) is 0 Å². The van der Waals surface area contributed by atoms with Gasteiger partial charge in [-0.1, -0.05) is 44.2 Å². The second kappa shape index (κ2) is 3.40. The summed E-state index contributed by atoms with van der Waals surface area (Å²) < 4.78 is 0. The molecule has 10 heavy (non-hydrogen) atoms. The van der Waals surface area contributed by atoms with E-state index in [1.807, 2.05) is 6.07 Å². The van der Waals surface area contributed by atoms with Gasteiger partial charge in [0, 0.05) is 0 Å². The van der Waals surface area contributed by atoms with Crippen LogP contribution in [0.1, 0.15) is 12.5 Å². The van der Waals surface area contributed by atoms with Crippen molar-refractivity contribution in [2.75, 3.05) is 0 Å². The fraction of sp³-hybridized carbons (Fsp3) is 0.300. The molecule has 0 fully saturated rings. The second-order valence-corrected chi connectivity index (χ2v) is 2.79. The minimum absolute atomic E-state index is 0.516. The van der Waals surface area contributed by atoms with Crippen LogP contribution in [-0.2, 0) is 6.42 Å². The van der Waals surface area contributed by atoms with E-state index >= 15 is 0 Å². The first-order chi connectivity index (χ1) is 4.79. The number of hydrogen-bond acceptors (Lipinski definition) is 0. The summed E-state index contributed by atoms with van der Waals surface area (Å²) in [5, 5.41) is 0. The van der Waals surface area contributed by atoms with Crippen LogP contribution in [0.4, 0.5) is 0 Å². The summed E-state index contributed by atoms with van der Waals surface area (Å²) in [4.78, 5) is 0. The smallest absolute Gasteiger partial charge is 0.0253 e. The normalized spacial score (nSPS) is 10.3. The molecular weight excluding hydrogens is 120 g/mol. The van der Waals surface area contributed by atoms with Gasteiger partial charge in [-0.05, 0) is 17.9 Å². The molecule has 0 aliphatic carbocycles. The van der Waals surface area contributed by atoms with Crippen LogP contribution >= 0.6 is 0 Å². The third-order valence-corrected chi connectivity index (χ3v) is 1.43. The van der Waals surface area contributed by atoms with E-state index in [-0.39, 0.29) is 0 Å². The summed E-state index contributed by atoms with van der Waals surface area (Å²) in [6.45, 7) is 6.07. The molecule has 0 N–H and O–H groups in total. The van der Waals surface area contributed by atoms with Crippen molar-refractivity contribution in [3.05, 3.63) is 42.8 Å². The van der Waals surface area contributed by atoms with Gasteiger partial charge in [-0.2, -0.15) is 0 Å². The maximum absolute atomic E-state index is 3.93. The maximum atomic E-state index is 3.93. The first kappa shape index (κ1) is 7.33. The first-order valence-electron chi connectivity index (χ1n) is 3.66. The van der Waals surface area contributed by atoms with Gasteiger partial charge in [0.25, 0.3) is 0 Å². The Bertz CT molecular complexity index is 174. The molecule has 1 radical (unpaired) electrons. The Labute approximate surface area is 62.9 Å². The molecule has 0 spiro atoms. The zero-order chi connectivity index (χ0) is 7.40. The van der Waals surface area contributed by atoms with Crippen LogP contribution in [-0.4, -0.2) is 0 Å². The van der Waals surface area contributed by atoms with Crippen LogP contribution in [0.2, 0.25) is 0 Å². The summed E-state index contributed by atoms with van der Waals surface area (Å²) >= 11 is 0. The van der Waals surface area contributed by atoms with Crippen LogP contribution in [0.15, 0.2) is 30.3 Å². The summed E-state index contributed by atoms with van der Waals surface area (Å²) in [5.74, 6) is 0.516. The summed E-state index contributed by atoms with van der Waals surface area (Å²) in [6.07, 6.45) is 1.08. The van der Waals surface area contributed by atoms with Crippen molar-refractivity contribution >= 4 is 0 Å². The quantitative estimate of drug-likeness (QED) is 0.582. The highest BCUT2D eigenvalue weighted by molar-refractivity contribution is 5.15. The van der Waals surface area contributed by atoms with E-state index in [1.54, 1.807) is 0 Å². The maximum Gasteiger partial charge on any atom is -0.0253 e. The number of hydrogen-bond donors (Lipinski definition) is 0. The third kappa shape index (κ3) is 2.22. The van der Waals surface area contributed by atoms with Crippen molar-refractivity contribution < 1.29 is 0 Å². The molecule has 0 saturated heterocycles. The van der Waals surface area contributed by atoms with E-state index in [2.05, 4.69) is 38.1 Å². The molecule has 0 unspecified atom stereocenters. The lowest BCUT2D eigenvalue weighted by Crippen LogP contribution is -1.92. The lowest BCUT2D eigenvalue weighted by atomic mass is 10.0. The van der Waals surface area contributed by atoms with Crippen LogP contribution in [0.3, 0.4) is 0 Å². The van der Waals surface area contributed by atoms with Crippen molar-refractivity contribution in [1.82, 2.24) is 0 Å².